The number of nitriles is 1. The van der Waals surface area contributed by atoms with Crippen molar-refractivity contribution in [2.75, 3.05) is 11.1 Å². The fourth-order valence-electron chi connectivity index (χ4n) is 2.99. The molecule has 0 aliphatic carbocycles. The van der Waals surface area contributed by atoms with Gasteiger partial charge in [0, 0.05) is 23.9 Å². The summed E-state index contributed by atoms with van der Waals surface area (Å²) in [6.07, 6.45) is 2.70. The molecule has 0 fully saturated rings. The molecule has 0 saturated heterocycles. The van der Waals surface area contributed by atoms with Crippen molar-refractivity contribution in [2.24, 2.45) is 10.1 Å². The number of nitrogens with zero attached hydrogens (tertiary/aromatic N) is 4. The standard InChI is InChI=1S/C19H14ClN5OS/c20-15-9-13(6-5-12(15)10-21)23-18(26)11-27-19-24-16-4-2-1-3-14(16)17-7-8-22-25(17)19/h1-6,8-9,17H,7,11H2,(H,23,26). The van der Waals surface area contributed by atoms with Gasteiger partial charge in [0.25, 0.3) is 0 Å². The van der Waals surface area contributed by atoms with Gasteiger partial charge in [0.05, 0.1) is 28.1 Å². The van der Waals surface area contributed by atoms with Crippen molar-refractivity contribution in [3.63, 3.8) is 0 Å². The average molecular weight is 396 g/mol. The lowest BCUT2D eigenvalue weighted by Crippen LogP contribution is -2.29. The lowest BCUT2D eigenvalue weighted by molar-refractivity contribution is -0.113. The summed E-state index contributed by atoms with van der Waals surface area (Å²) in [6, 6.07) is 14.9. The van der Waals surface area contributed by atoms with Crippen molar-refractivity contribution in [1.29, 1.82) is 5.26 Å². The lowest BCUT2D eigenvalue weighted by atomic mass is 10.0. The zero-order valence-corrected chi connectivity index (χ0v) is 15.7. The number of carbonyl (C=O) groups excluding carboxylic acids is 1. The average Bonchev–Trinajstić information content (AvgIpc) is 3.16. The number of amides is 1. The van der Waals surface area contributed by atoms with E-state index in [0.29, 0.717) is 21.4 Å². The Morgan fingerprint density at radius 3 is 3.04 bits per heavy atom. The highest BCUT2D eigenvalue weighted by molar-refractivity contribution is 8.14. The van der Waals surface area contributed by atoms with Crippen LogP contribution in [-0.2, 0) is 4.79 Å². The molecule has 1 unspecified atom stereocenters. The maximum Gasteiger partial charge on any atom is 0.234 e. The second-order valence-electron chi connectivity index (χ2n) is 5.99. The second kappa shape index (κ2) is 7.43. The first-order valence-electron chi connectivity index (χ1n) is 8.27. The molecule has 0 spiro atoms. The van der Waals surface area contributed by atoms with Crippen LogP contribution >= 0.6 is 23.4 Å². The van der Waals surface area contributed by atoms with E-state index in [1.54, 1.807) is 18.2 Å². The smallest absolute Gasteiger partial charge is 0.234 e. The number of hydrogen-bond acceptors (Lipinski definition) is 6. The molecule has 8 heteroatoms. The van der Waals surface area contributed by atoms with Crippen molar-refractivity contribution in [2.45, 2.75) is 12.5 Å². The predicted octanol–water partition coefficient (Wildman–Crippen LogP) is 4.32. The molecule has 0 bridgehead atoms. The Bertz CT molecular complexity index is 1010. The van der Waals surface area contributed by atoms with Crippen molar-refractivity contribution < 1.29 is 4.79 Å². The van der Waals surface area contributed by atoms with Crippen LogP contribution in [0.25, 0.3) is 0 Å². The van der Waals surface area contributed by atoms with E-state index in [1.807, 2.05) is 35.5 Å². The highest BCUT2D eigenvalue weighted by atomic mass is 35.5. The zero-order valence-electron chi connectivity index (χ0n) is 14.1. The Hall–Kier alpha value is -2.82. The molecule has 2 aliphatic heterocycles. The summed E-state index contributed by atoms with van der Waals surface area (Å²) in [5.74, 6) is 0.0132. The van der Waals surface area contributed by atoms with Gasteiger partial charge in [-0.15, -0.1) is 0 Å². The first kappa shape index (κ1) is 17.6. The molecule has 0 saturated carbocycles. The summed E-state index contributed by atoms with van der Waals surface area (Å²) in [6.45, 7) is 0. The van der Waals surface area contributed by atoms with Crippen LogP contribution in [0.1, 0.15) is 23.6 Å². The van der Waals surface area contributed by atoms with Crippen LogP contribution < -0.4 is 5.32 Å². The number of carbonyl (C=O) groups is 1. The van der Waals surface area contributed by atoms with E-state index < -0.39 is 0 Å². The largest absolute Gasteiger partial charge is 0.325 e. The van der Waals surface area contributed by atoms with Crippen molar-refractivity contribution in [3.05, 3.63) is 58.6 Å². The molecule has 2 aromatic carbocycles. The van der Waals surface area contributed by atoms with Crippen LogP contribution in [0.3, 0.4) is 0 Å². The quantitative estimate of drug-likeness (QED) is 0.839. The molecule has 0 radical (unpaired) electrons. The molecule has 27 heavy (non-hydrogen) atoms. The van der Waals surface area contributed by atoms with Crippen LogP contribution in [0, 0.1) is 11.3 Å². The number of halogens is 1. The minimum atomic E-state index is -0.179. The first-order chi connectivity index (χ1) is 13.2. The minimum absolute atomic E-state index is 0.140. The van der Waals surface area contributed by atoms with Gasteiger partial charge in [-0.1, -0.05) is 41.6 Å². The molecule has 134 valence electrons. The number of benzene rings is 2. The van der Waals surface area contributed by atoms with Crippen molar-refractivity contribution in [3.8, 4) is 6.07 Å². The maximum atomic E-state index is 12.3. The van der Waals surface area contributed by atoms with Crippen LogP contribution in [0.2, 0.25) is 5.02 Å². The summed E-state index contributed by atoms with van der Waals surface area (Å²) >= 11 is 7.34. The minimum Gasteiger partial charge on any atom is -0.325 e. The summed E-state index contributed by atoms with van der Waals surface area (Å²) in [5, 5.41) is 19.0. The molecule has 6 nitrogen and oxygen atoms in total. The van der Waals surface area contributed by atoms with Crippen LogP contribution in [0.5, 0.6) is 0 Å². The molecular formula is C19H14ClN5OS. The van der Waals surface area contributed by atoms with Crippen LogP contribution in [-0.4, -0.2) is 28.1 Å². The van der Waals surface area contributed by atoms with E-state index in [-0.39, 0.29) is 17.7 Å². The van der Waals surface area contributed by atoms with Gasteiger partial charge >= 0.3 is 0 Å². The molecule has 2 heterocycles. The Morgan fingerprint density at radius 2 is 2.22 bits per heavy atom. The lowest BCUT2D eigenvalue weighted by Gasteiger charge is -2.29. The third-order valence-corrected chi connectivity index (χ3v) is 5.50. The van der Waals surface area contributed by atoms with Crippen LogP contribution in [0.4, 0.5) is 11.4 Å². The summed E-state index contributed by atoms with van der Waals surface area (Å²) in [4.78, 5) is 17.0. The number of nitrogens with one attached hydrogen (secondary N) is 1. The van der Waals surface area contributed by atoms with Crippen LogP contribution in [0.15, 0.2) is 52.6 Å². The molecule has 4 rings (SSSR count). The van der Waals surface area contributed by atoms with E-state index in [2.05, 4.69) is 21.5 Å². The summed E-state index contributed by atoms with van der Waals surface area (Å²) < 4.78 is 0. The second-order valence-corrected chi connectivity index (χ2v) is 7.34. The third-order valence-electron chi connectivity index (χ3n) is 4.24. The Balaban J connectivity index is 1.44. The van der Waals surface area contributed by atoms with Gasteiger partial charge in [-0.05, 0) is 24.3 Å². The number of hydrogen-bond donors (Lipinski definition) is 1. The van der Waals surface area contributed by atoms with Gasteiger partial charge < -0.3 is 5.32 Å². The van der Waals surface area contributed by atoms with Gasteiger partial charge in [-0.3, -0.25) is 4.79 Å². The van der Waals surface area contributed by atoms with E-state index in [9.17, 15) is 4.79 Å². The van der Waals surface area contributed by atoms with Gasteiger partial charge in [0.1, 0.15) is 6.07 Å². The number of hydrazone groups is 1. The van der Waals surface area contributed by atoms with Crippen molar-refractivity contribution >= 4 is 52.0 Å². The van der Waals surface area contributed by atoms with Gasteiger partial charge in [-0.2, -0.15) is 10.4 Å². The number of para-hydroxylation sites is 1. The third kappa shape index (κ3) is 3.54. The van der Waals surface area contributed by atoms with Gasteiger partial charge in [0.15, 0.2) is 5.17 Å². The van der Waals surface area contributed by atoms with E-state index in [0.717, 1.165) is 17.7 Å². The number of fused-ring (bicyclic) bond motifs is 3. The number of aliphatic imine (C=N–C) groups is 1. The molecule has 2 aliphatic rings. The fraction of sp³-hybridized carbons (Fsp3) is 0.158. The predicted molar refractivity (Wildman–Crippen MR) is 108 cm³/mol. The topological polar surface area (TPSA) is 80.8 Å². The van der Waals surface area contributed by atoms with E-state index >= 15 is 0 Å². The molecule has 1 amide bonds. The Kier molecular flexibility index (Phi) is 4.84. The highest BCUT2D eigenvalue weighted by Crippen LogP contribution is 2.40. The monoisotopic (exact) mass is 395 g/mol. The fourth-order valence-corrected chi connectivity index (χ4v) is 4.02. The van der Waals surface area contributed by atoms with E-state index in [4.69, 9.17) is 16.9 Å². The Labute approximate surface area is 165 Å². The van der Waals surface area contributed by atoms with Gasteiger partial charge in [0.2, 0.25) is 5.91 Å². The zero-order chi connectivity index (χ0) is 18.8. The number of anilines is 1. The SMILES string of the molecule is N#Cc1ccc(NC(=O)CSC2=Nc3ccccc3C3CC=NN23)cc1Cl. The number of rotatable bonds is 3. The molecule has 1 N–H and O–H groups in total. The maximum absolute atomic E-state index is 12.3. The molecule has 0 aromatic heterocycles. The molecule has 1 atom stereocenters. The van der Waals surface area contributed by atoms with Gasteiger partial charge in [-0.25, -0.2) is 10.0 Å². The highest BCUT2D eigenvalue weighted by Gasteiger charge is 2.32. The first-order valence-corrected chi connectivity index (χ1v) is 9.63. The molecular weight excluding hydrogens is 382 g/mol. The van der Waals surface area contributed by atoms with Crippen molar-refractivity contribution in [1.82, 2.24) is 5.01 Å². The summed E-state index contributed by atoms with van der Waals surface area (Å²) in [5.41, 5.74) is 3.00. The molecule has 2 aromatic rings. The normalized spacial score (nSPS) is 17.0. The number of thioether (sulfide) groups is 1. The Morgan fingerprint density at radius 1 is 1.37 bits per heavy atom. The van der Waals surface area contributed by atoms with E-state index in [1.165, 1.54) is 11.8 Å². The summed E-state index contributed by atoms with van der Waals surface area (Å²) in [7, 11) is 0. The number of amidine groups is 1.